The van der Waals surface area contributed by atoms with Crippen molar-refractivity contribution in [3.05, 3.63) is 47.3 Å². The number of thiophene rings is 1. The summed E-state index contributed by atoms with van der Waals surface area (Å²) in [6.45, 7) is 0.706. The van der Waals surface area contributed by atoms with Crippen molar-refractivity contribution in [1.82, 2.24) is 0 Å². The second-order valence-electron chi connectivity index (χ2n) is 3.06. The minimum atomic E-state index is 0.706. The summed E-state index contributed by atoms with van der Waals surface area (Å²) in [7, 11) is 1.72. The van der Waals surface area contributed by atoms with Crippen LogP contribution in [0.3, 0.4) is 0 Å². The first-order chi connectivity index (χ1) is 6.90. The highest BCUT2D eigenvalue weighted by Gasteiger charge is 2.01. The van der Waals surface area contributed by atoms with Crippen LogP contribution in [0.5, 0.6) is 0 Å². The molecule has 0 aliphatic rings. The van der Waals surface area contributed by atoms with E-state index in [4.69, 9.17) is 4.74 Å². The average Bonchev–Trinajstić information content (AvgIpc) is 2.68. The molecule has 0 saturated heterocycles. The van der Waals surface area contributed by atoms with Gasteiger partial charge in [0.1, 0.15) is 0 Å². The summed E-state index contributed by atoms with van der Waals surface area (Å²) in [4.78, 5) is 2.57. The van der Waals surface area contributed by atoms with Crippen molar-refractivity contribution in [3.63, 3.8) is 0 Å². The lowest BCUT2D eigenvalue weighted by atomic mass is 10.2. The Balaban J connectivity index is 2.25. The summed E-state index contributed by atoms with van der Waals surface area (Å²) >= 11 is 1.79. The molecule has 0 unspecified atom stereocenters. The Hall–Kier alpha value is -1.12. The van der Waals surface area contributed by atoms with Crippen LogP contribution in [0.15, 0.2) is 42.5 Å². The van der Waals surface area contributed by atoms with Crippen molar-refractivity contribution in [2.45, 2.75) is 6.61 Å². The maximum absolute atomic E-state index is 5.09. The minimum absolute atomic E-state index is 0.706. The van der Waals surface area contributed by atoms with Crippen molar-refractivity contribution in [1.29, 1.82) is 0 Å². The molecule has 2 heteroatoms. The number of benzene rings is 1. The summed E-state index contributed by atoms with van der Waals surface area (Å²) < 4.78 is 5.09. The molecule has 0 radical (unpaired) electrons. The standard InChI is InChI=1S/C12H12OS/c1-13-9-11-7-8-12(14-11)10-5-3-2-4-6-10/h2-8H,9H2,1H3. The Morgan fingerprint density at radius 3 is 2.57 bits per heavy atom. The van der Waals surface area contributed by atoms with Gasteiger partial charge in [0.15, 0.2) is 0 Å². The second kappa shape index (κ2) is 4.40. The summed E-state index contributed by atoms with van der Waals surface area (Å²) in [5.41, 5.74) is 1.28. The molecule has 2 rings (SSSR count). The van der Waals surface area contributed by atoms with Gasteiger partial charge in [0.2, 0.25) is 0 Å². The summed E-state index contributed by atoms with van der Waals surface area (Å²) in [5, 5.41) is 0. The van der Waals surface area contributed by atoms with E-state index in [0.717, 1.165) is 0 Å². The molecule has 0 atom stereocenters. The van der Waals surface area contributed by atoms with Crippen LogP contribution < -0.4 is 0 Å². The van der Waals surface area contributed by atoms with Gasteiger partial charge in [-0.05, 0) is 17.7 Å². The zero-order valence-electron chi connectivity index (χ0n) is 8.07. The van der Waals surface area contributed by atoms with Gasteiger partial charge in [0.05, 0.1) is 6.61 Å². The van der Waals surface area contributed by atoms with Crippen molar-refractivity contribution < 1.29 is 4.74 Å². The highest BCUT2D eigenvalue weighted by Crippen LogP contribution is 2.27. The smallest absolute Gasteiger partial charge is 0.0805 e. The summed E-state index contributed by atoms with van der Waals surface area (Å²) in [6, 6.07) is 14.7. The Bertz CT molecular complexity index is 392. The molecule has 0 N–H and O–H groups in total. The molecule has 0 bridgehead atoms. The predicted molar refractivity (Wildman–Crippen MR) is 60.5 cm³/mol. The van der Waals surface area contributed by atoms with Gasteiger partial charge in [-0.3, -0.25) is 0 Å². The maximum Gasteiger partial charge on any atom is 0.0805 e. The molecule has 0 saturated carbocycles. The van der Waals surface area contributed by atoms with Crippen LogP contribution in [-0.2, 0) is 11.3 Å². The lowest BCUT2D eigenvalue weighted by molar-refractivity contribution is 0.187. The number of hydrogen-bond acceptors (Lipinski definition) is 2. The fourth-order valence-corrected chi connectivity index (χ4v) is 2.34. The average molecular weight is 204 g/mol. The molecule has 0 spiro atoms. The molecule has 72 valence electrons. The van der Waals surface area contributed by atoms with Crippen LogP contribution in [0.25, 0.3) is 10.4 Å². The number of rotatable bonds is 3. The maximum atomic E-state index is 5.09. The lowest BCUT2D eigenvalue weighted by Gasteiger charge is -1.95. The normalized spacial score (nSPS) is 10.4. The molecule has 2 aromatic rings. The van der Waals surface area contributed by atoms with Gasteiger partial charge in [-0.25, -0.2) is 0 Å². The summed E-state index contributed by atoms with van der Waals surface area (Å²) in [5.74, 6) is 0. The molecular formula is C12H12OS. The molecule has 1 heterocycles. The quantitative estimate of drug-likeness (QED) is 0.742. The van der Waals surface area contributed by atoms with E-state index in [0.29, 0.717) is 6.61 Å². The van der Waals surface area contributed by atoms with E-state index >= 15 is 0 Å². The number of hydrogen-bond donors (Lipinski definition) is 0. The SMILES string of the molecule is COCc1ccc(-c2ccccc2)s1. The molecule has 0 aliphatic heterocycles. The molecule has 14 heavy (non-hydrogen) atoms. The van der Waals surface area contributed by atoms with E-state index in [2.05, 4.69) is 36.4 Å². The number of methoxy groups -OCH3 is 1. The highest BCUT2D eigenvalue weighted by atomic mass is 32.1. The van der Waals surface area contributed by atoms with E-state index in [1.165, 1.54) is 15.3 Å². The van der Waals surface area contributed by atoms with Crippen LogP contribution >= 0.6 is 11.3 Å². The van der Waals surface area contributed by atoms with Crippen LogP contribution in [0.1, 0.15) is 4.88 Å². The third-order valence-electron chi connectivity index (χ3n) is 2.01. The molecule has 1 aromatic heterocycles. The molecule has 0 aliphatic carbocycles. The van der Waals surface area contributed by atoms with Crippen molar-refractivity contribution in [2.75, 3.05) is 7.11 Å². The molecule has 1 nitrogen and oxygen atoms in total. The molecule has 0 amide bonds. The van der Waals surface area contributed by atoms with E-state index < -0.39 is 0 Å². The summed E-state index contributed by atoms with van der Waals surface area (Å²) in [6.07, 6.45) is 0. The van der Waals surface area contributed by atoms with Gasteiger partial charge < -0.3 is 4.74 Å². The molecule has 0 fully saturated rings. The van der Waals surface area contributed by atoms with Crippen molar-refractivity contribution >= 4 is 11.3 Å². The monoisotopic (exact) mass is 204 g/mol. The zero-order valence-corrected chi connectivity index (χ0v) is 8.88. The Morgan fingerprint density at radius 1 is 1.07 bits per heavy atom. The number of ether oxygens (including phenoxy) is 1. The fraction of sp³-hybridized carbons (Fsp3) is 0.167. The van der Waals surface area contributed by atoms with Gasteiger partial charge >= 0.3 is 0 Å². The lowest BCUT2D eigenvalue weighted by Crippen LogP contribution is -1.79. The van der Waals surface area contributed by atoms with Crippen LogP contribution in [-0.4, -0.2) is 7.11 Å². The van der Waals surface area contributed by atoms with Crippen LogP contribution in [0, 0.1) is 0 Å². The Labute approximate surface area is 88.0 Å². The first-order valence-corrected chi connectivity index (χ1v) is 5.35. The van der Waals surface area contributed by atoms with Gasteiger partial charge in [-0.2, -0.15) is 0 Å². The Kier molecular flexibility index (Phi) is 2.96. The van der Waals surface area contributed by atoms with Crippen molar-refractivity contribution in [3.8, 4) is 10.4 Å². The van der Waals surface area contributed by atoms with Gasteiger partial charge in [0.25, 0.3) is 0 Å². The topological polar surface area (TPSA) is 9.23 Å². The van der Waals surface area contributed by atoms with Crippen LogP contribution in [0.4, 0.5) is 0 Å². The first-order valence-electron chi connectivity index (χ1n) is 4.53. The van der Waals surface area contributed by atoms with E-state index in [1.54, 1.807) is 18.4 Å². The van der Waals surface area contributed by atoms with Crippen LogP contribution in [0.2, 0.25) is 0 Å². The molecular weight excluding hydrogens is 192 g/mol. The fourth-order valence-electron chi connectivity index (χ4n) is 1.36. The molecule has 1 aromatic carbocycles. The first kappa shape index (κ1) is 9.44. The third kappa shape index (κ3) is 2.03. The van der Waals surface area contributed by atoms with E-state index in [9.17, 15) is 0 Å². The van der Waals surface area contributed by atoms with Crippen molar-refractivity contribution in [2.24, 2.45) is 0 Å². The second-order valence-corrected chi connectivity index (χ2v) is 4.23. The van der Waals surface area contributed by atoms with Gasteiger partial charge in [0, 0.05) is 16.9 Å². The van der Waals surface area contributed by atoms with E-state index in [-0.39, 0.29) is 0 Å². The van der Waals surface area contributed by atoms with E-state index in [1.807, 2.05) is 6.07 Å². The highest BCUT2D eigenvalue weighted by molar-refractivity contribution is 7.15. The minimum Gasteiger partial charge on any atom is -0.379 e. The largest absolute Gasteiger partial charge is 0.379 e. The van der Waals surface area contributed by atoms with Gasteiger partial charge in [-0.15, -0.1) is 11.3 Å². The zero-order chi connectivity index (χ0) is 9.80. The predicted octanol–water partition coefficient (Wildman–Crippen LogP) is 3.56. The Morgan fingerprint density at radius 2 is 1.86 bits per heavy atom. The van der Waals surface area contributed by atoms with Gasteiger partial charge in [-0.1, -0.05) is 30.3 Å². The third-order valence-corrected chi connectivity index (χ3v) is 3.11.